The molecule has 0 aromatic heterocycles. The molecule has 0 spiro atoms. The van der Waals surface area contributed by atoms with Crippen LogP contribution >= 0.6 is 7.82 Å². The summed E-state index contributed by atoms with van der Waals surface area (Å²) in [6, 6.07) is -1.51. The minimum absolute atomic E-state index is 0.159. The van der Waals surface area contributed by atoms with E-state index >= 15 is 0 Å². The van der Waals surface area contributed by atoms with Crippen LogP contribution in [0.2, 0.25) is 0 Å². The van der Waals surface area contributed by atoms with Gasteiger partial charge in [0.1, 0.15) is 12.6 Å². The third-order valence-corrected chi connectivity index (χ3v) is 8.43. The molecule has 0 heterocycles. The number of nitrogens with two attached hydrogens (primary N) is 1. The molecular formula is C34H64NO10P. The minimum atomic E-state index is -4.68. The van der Waals surface area contributed by atoms with Gasteiger partial charge in [-0.3, -0.25) is 23.4 Å². The number of phosphoric acid groups is 1. The van der Waals surface area contributed by atoms with Crippen molar-refractivity contribution in [3.05, 3.63) is 12.2 Å². The van der Waals surface area contributed by atoms with Gasteiger partial charge < -0.3 is 25.2 Å². The third kappa shape index (κ3) is 29.6. The molecule has 4 N–H and O–H groups in total. The van der Waals surface area contributed by atoms with Gasteiger partial charge in [-0.25, -0.2) is 4.57 Å². The number of carboxylic acid groups (broad SMARTS) is 1. The van der Waals surface area contributed by atoms with Crippen molar-refractivity contribution in [3.8, 4) is 0 Å². The van der Waals surface area contributed by atoms with E-state index in [2.05, 4.69) is 23.6 Å². The van der Waals surface area contributed by atoms with Crippen molar-refractivity contribution in [2.24, 2.45) is 5.73 Å². The number of carboxylic acids is 1. The number of esters is 2. The summed E-state index contributed by atoms with van der Waals surface area (Å²) in [5.74, 6) is -2.44. The van der Waals surface area contributed by atoms with Gasteiger partial charge in [0.15, 0.2) is 6.10 Å². The number of allylic oxidation sites excluding steroid dienone is 2. The molecular weight excluding hydrogens is 613 g/mol. The SMILES string of the molecule is CCCCCCCCCC/C=C\CCCCCCCCCCCC(=O)OC(COC(=O)CCC)COP(=O)(O)OCC(N)C(=O)O. The Morgan fingerprint density at radius 3 is 1.63 bits per heavy atom. The van der Waals surface area contributed by atoms with Crippen LogP contribution in [0.15, 0.2) is 12.2 Å². The molecule has 0 saturated carbocycles. The lowest BCUT2D eigenvalue weighted by atomic mass is 10.1. The molecule has 46 heavy (non-hydrogen) atoms. The Labute approximate surface area is 278 Å². The molecule has 3 atom stereocenters. The van der Waals surface area contributed by atoms with Crippen LogP contribution in [0.1, 0.15) is 155 Å². The molecule has 12 heteroatoms. The molecule has 0 fully saturated rings. The minimum Gasteiger partial charge on any atom is -0.480 e. The summed E-state index contributed by atoms with van der Waals surface area (Å²) in [5, 5.41) is 8.77. The van der Waals surface area contributed by atoms with Crippen molar-refractivity contribution in [1.29, 1.82) is 0 Å². The molecule has 0 saturated heterocycles. The summed E-state index contributed by atoms with van der Waals surface area (Å²) in [7, 11) is -4.68. The van der Waals surface area contributed by atoms with Crippen LogP contribution in [0, 0.1) is 0 Å². The highest BCUT2D eigenvalue weighted by Gasteiger charge is 2.28. The fraction of sp³-hybridized carbons (Fsp3) is 0.853. The van der Waals surface area contributed by atoms with Gasteiger partial charge in [-0.15, -0.1) is 0 Å². The van der Waals surface area contributed by atoms with Crippen LogP contribution in [-0.2, 0) is 37.5 Å². The Morgan fingerprint density at radius 2 is 1.13 bits per heavy atom. The monoisotopic (exact) mass is 677 g/mol. The number of rotatable bonds is 33. The van der Waals surface area contributed by atoms with Crippen LogP contribution in [-0.4, -0.2) is 59.9 Å². The number of aliphatic carboxylic acids is 1. The van der Waals surface area contributed by atoms with Crippen molar-refractivity contribution in [2.45, 2.75) is 167 Å². The third-order valence-electron chi connectivity index (χ3n) is 7.48. The number of hydrogen-bond acceptors (Lipinski definition) is 9. The van der Waals surface area contributed by atoms with E-state index in [-0.39, 0.29) is 19.4 Å². The van der Waals surface area contributed by atoms with Gasteiger partial charge >= 0.3 is 25.7 Å². The molecule has 0 aliphatic rings. The second-order valence-electron chi connectivity index (χ2n) is 12.0. The second kappa shape index (κ2) is 30.5. The van der Waals surface area contributed by atoms with Gasteiger partial charge in [-0.1, -0.05) is 116 Å². The van der Waals surface area contributed by atoms with Crippen molar-refractivity contribution >= 4 is 25.7 Å². The van der Waals surface area contributed by atoms with Gasteiger partial charge in [0.2, 0.25) is 0 Å². The summed E-state index contributed by atoms with van der Waals surface area (Å²) in [4.78, 5) is 44.7. The predicted molar refractivity (Wildman–Crippen MR) is 180 cm³/mol. The Bertz CT molecular complexity index is 854. The van der Waals surface area contributed by atoms with Crippen LogP contribution in [0.25, 0.3) is 0 Å². The molecule has 0 aromatic carbocycles. The highest BCUT2D eigenvalue weighted by molar-refractivity contribution is 7.47. The molecule has 0 rings (SSSR count). The maximum Gasteiger partial charge on any atom is 0.472 e. The average molecular weight is 678 g/mol. The maximum atomic E-state index is 12.4. The fourth-order valence-electron chi connectivity index (χ4n) is 4.68. The smallest absolute Gasteiger partial charge is 0.472 e. The van der Waals surface area contributed by atoms with Gasteiger partial charge in [0.05, 0.1) is 13.2 Å². The van der Waals surface area contributed by atoms with E-state index in [4.69, 9.17) is 24.8 Å². The van der Waals surface area contributed by atoms with E-state index in [1.165, 1.54) is 96.3 Å². The zero-order chi connectivity index (χ0) is 34.3. The van der Waals surface area contributed by atoms with Crippen LogP contribution in [0.4, 0.5) is 0 Å². The fourth-order valence-corrected chi connectivity index (χ4v) is 5.46. The first-order valence-corrected chi connectivity index (χ1v) is 19.2. The molecule has 0 amide bonds. The predicted octanol–water partition coefficient (Wildman–Crippen LogP) is 8.17. The first-order valence-electron chi connectivity index (χ1n) is 17.7. The number of hydrogen-bond donors (Lipinski definition) is 3. The van der Waals surface area contributed by atoms with E-state index in [0.29, 0.717) is 12.8 Å². The van der Waals surface area contributed by atoms with E-state index < -0.39 is 51.1 Å². The quantitative estimate of drug-likeness (QED) is 0.0265. The Kier molecular flexibility index (Phi) is 29.4. The number of phosphoric ester groups is 1. The standard InChI is InChI=1S/C34H64NO10P/c1-3-5-6-7-8-9-10-11-12-13-14-15-16-17-18-19-20-21-22-23-24-26-33(37)45-30(27-42-32(36)25-4-2)28-43-46(40,41)44-29-31(35)34(38)39/h13-14,30-31H,3-12,15-29,35H2,1-2H3,(H,38,39)(H,40,41)/b14-13-. The van der Waals surface area contributed by atoms with Crippen LogP contribution in [0.5, 0.6) is 0 Å². The highest BCUT2D eigenvalue weighted by Crippen LogP contribution is 2.43. The molecule has 0 aromatic rings. The molecule has 11 nitrogen and oxygen atoms in total. The summed E-state index contributed by atoms with van der Waals surface area (Å²) in [6.07, 6.45) is 27.7. The number of unbranched alkanes of at least 4 members (excludes halogenated alkanes) is 17. The Balaban J connectivity index is 3.99. The molecule has 0 aliphatic heterocycles. The maximum absolute atomic E-state index is 12.4. The Morgan fingerprint density at radius 1 is 0.652 bits per heavy atom. The Hall–Kier alpha value is -1.78. The summed E-state index contributed by atoms with van der Waals surface area (Å²) in [6.45, 7) is 2.37. The van der Waals surface area contributed by atoms with E-state index in [9.17, 15) is 23.8 Å². The van der Waals surface area contributed by atoms with Crippen molar-refractivity contribution < 1.29 is 47.5 Å². The lowest BCUT2D eigenvalue weighted by Gasteiger charge is -2.20. The average Bonchev–Trinajstić information content (AvgIpc) is 3.02. The summed E-state index contributed by atoms with van der Waals surface area (Å²) >= 11 is 0. The number of carbonyl (C=O) groups excluding carboxylic acids is 2. The van der Waals surface area contributed by atoms with Gasteiger partial charge in [-0.05, 0) is 38.5 Å². The largest absolute Gasteiger partial charge is 0.480 e. The van der Waals surface area contributed by atoms with E-state index in [1.807, 2.05) is 6.92 Å². The molecule has 3 unspecified atom stereocenters. The van der Waals surface area contributed by atoms with Crippen molar-refractivity contribution in [2.75, 3.05) is 19.8 Å². The van der Waals surface area contributed by atoms with E-state index in [1.54, 1.807) is 0 Å². The van der Waals surface area contributed by atoms with Gasteiger partial charge in [-0.2, -0.15) is 0 Å². The lowest BCUT2D eigenvalue weighted by Crippen LogP contribution is -2.34. The summed E-state index contributed by atoms with van der Waals surface area (Å²) in [5.41, 5.74) is 5.26. The first-order chi connectivity index (χ1) is 22.1. The molecule has 0 bridgehead atoms. The van der Waals surface area contributed by atoms with Crippen LogP contribution in [0.3, 0.4) is 0 Å². The van der Waals surface area contributed by atoms with Crippen molar-refractivity contribution in [3.63, 3.8) is 0 Å². The molecule has 270 valence electrons. The normalized spacial score (nSPS) is 14.2. The topological polar surface area (TPSA) is 172 Å². The molecule has 0 radical (unpaired) electrons. The zero-order valence-electron chi connectivity index (χ0n) is 28.7. The highest BCUT2D eigenvalue weighted by atomic mass is 31.2. The number of carbonyl (C=O) groups is 3. The number of ether oxygens (including phenoxy) is 2. The van der Waals surface area contributed by atoms with Gasteiger partial charge in [0.25, 0.3) is 0 Å². The van der Waals surface area contributed by atoms with Gasteiger partial charge in [0, 0.05) is 12.8 Å². The van der Waals surface area contributed by atoms with Crippen LogP contribution < -0.4 is 5.73 Å². The van der Waals surface area contributed by atoms with E-state index in [0.717, 1.165) is 19.3 Å². The molecule has 0 aliphatic carbocycles. The summed E-state index contributed by atoms with van der Waals surface area (Å²) < 4.78 is 31.9. The first kappa shape index (κ1) is 44.2. The van der Waals surface area contributed by atoms with Crippen molar-refractivity contribution in [1.82, 2.24) is 0 Å². The second-order valence-corrected chi connectivity index (χ2v) is 13.5. The zero-order valence-corrected chi connectivity index (χ0v) is 29.6. The lowest BCUT2D eigenvalue weighted by molar-refractivity contribution is -0.161.